The van der Waals surface area contributed by atoms with Gasteiger partial charge in [0.1, 0.15) is 6.61 Å². The molecule has 0 heterocycles. The number of hydrogen-bond acceptors (Lipinski definition) is 10. The van der Waals surface area contributed by atoms with Gasteiger partial charge in [-0.2, -0.15) is 0 Å². The molecule has 0 radical (unpaired) electrons. The van der Waals surface area contributed by atoms with Crippen molar-refractivity contribution in [1.82, 2.24) is 0 Å². The van der Waals surface area contributed by atoms with Crippen LogP contribution < -0.4 is 0 Å². The van der Waals surface area contributed by atoms with E-state index in [9.17, 15) is 35.4 Å². The standard InChI is InChI=1S/C15H28O10/c1-2-12(21)24-3-4-25-13(22)15(8-19,9-20)11-23-10-14(5-16,6-17)7-18/h2,13,16-20,22H,1,3-11H2. The van der Waals surface area contributed by atoms with Gasteiger partial charge in [0.15, 0.2) is 6.29 Å². The zero-order valence-electron chi connectivity index (χ0n) is 14.0. The lowest BCUT2D eigenvalue weighted by Gasteiger charge is -2.35. The number of hydrogen-bond donors (Lipinski definition) is 6. The number of aliphatic hydroxyl groups is 6. The van der Waals surface area contributed by atoms with Crippen LogP contribution in [0.1, 0.15) is 0 Å². The Morgan fingerprint density at radius 2 is 1.52 bits per heavy atom. The van der Waals surface area contributed by atoms with E-state index in [0.717, 1.165) is 6.08 Å². The molecule has 1 atom stereocenters. The quantitative estimate of drug-likeness (QED) is 0.0759. The SMILES string of the molecule is C=CC(=O)OCCOC(O)C(CO)(CO)COCC(CO)(CO)CO. The minimum absolute atomic E-state index is 0.168. The molecular formula is C15H28O10. The van der Waals surface area contributed by atoms with Crippen molar-refractivity contribution in [2.24, 2.45) is 10.8 Å². The van der Waals surface area contributed by atoms with E-state index in [1.165, 1.54) is 0 Å². The third-order valence-electron chi connectivity index (χ3n) is 3.73. The molecule has 0 saturated heterocycles. The summed E-state index contributed by atoms with van der Waals surface area (Å²) in [5, 5.41) is 56.7. The highest BCUT2D eigenvalue weighted by Crippen LogP contribution is 2.25. The predicted molar refractivity (Wildman–Crippen MR) is 84.2 cm³/mol. The molecule has 0 bridgehead atoms. The lowest BCUT2D eigenvalue weighted by molar-refractivity contribution is -0.225. The molecule has 0 aromatic carbocycles. The highest BCUT2D eigenvalue weighted by Gasteiger charge is 2.40. The fourth-order valence-corrected chi connectivity index (χ4v) is 1.66. The Labute approximate surface area is 145 Å². The largest absolute Gasteiger partial charge is 0.460 e. The van der Waals surface area contributed by atoms with Crippen LogP contribution in [0.3, 0.4) is 0 Å². The third-order valence-corrected chi connectivity index (χ3v) is 3.73. The van der Waals surface area contributed by atoms with E-state index in [0.29, 0.717) is 0 Å². The number of carbonyl (C=O) groups excluding carboxylic acids is 1. The summed E-state index contributed by atoms with van der Waals surface area (Å²) in [6.07, 6.45) is -0.678. The number of ether oxygens (including phenoxy) is 3. The lowest BCUT2D eigenvalue weighted by atomic mass is 9.89. The Morgan fingerprint density at radius 3 is 1.96 bits per heavy atom. The molecule has 1 unspecified atom stereocenters. The predicted octanol–water partition coefficient (Wildman–Crippen LogP) is -3.00. The van der Waals surface area contributed by atoms with Crippen molar-refractivity contribution in [2.75, 3.05) is 59.5 Å². The van der Waals surface area contributed by atoms with Crippen LogP contribution >= 0.6 is 0 Å². The van der Waals surface area contributed by atoms with Gasteiger partial charge in [-0.3, -0.25) is 0 Å². The van der Waals surface area contributed by atoms with E-state index in [1.54, 1.807) is 0 Å². The molecule has 10 nitrogen and oxygen atoms in total. The van der Waals surface area contributed by atoms with Crippen molar-refractivity contribution in [3.05, 3.63) is 12.7 Å². The zero-order chi connectivity index (χ0) is 19.3. The molecule has 0 aliphatic carbocycles. The second-order valence-electron chi connectivity index (χ2n) is 5.74. The summed E-state index contributed by atoms with van der Waals surface area (Å²) < 4.78 is 15.0. The van der Waals surface area contributed by atoms with E-state index < -0.39 is 56.1 Å². The van der Waals surface area contributed by atoms with E-state index in [1.807, 2.05) is 0 Å². The van der Waals surface area contributed by atoms with Crippen molar-refractivity contribution in [3.63, 3.8) is 0 Å². The van der Waals surface area contributed by atoms with Crippen LogP contribution in [-0.4, -0.2) is 102 Å². The van der Waals surface area contributed by atoms with Gasteiger partial charge in [0.05, 0.1) is 63.7 Å². The summed E-state index contributed by atoms with van der Waals surface area (Å²) in [6, 6.07) is 0. The topological polar surface area (TPSA) is 166 Å². The molecule has 0 aromatic heterocycles. The van der Waals surface area contributed by atoms with E-state index in [4.69, 9.17) is 9.47 Å². The van der Waals surface area contributed by atoms with Crippen molar-refractivity contribution >= 4 is 5.97 Å². The fourth-order valence-electron chi connectivity index (χ4n) is 1.66. The summed E-state index contributed by atoms with van der Waals surface area (Å²) in [4.78, 5) is 10.9. The number of rotatable bonds is 15. The Bertz CT molecular complexity index is 370. The van der Waals surface area contributed by atoms with Crippen molar-refractivity contribution in [1.29, 1.82) is 0 Å². The van der Waals surface area contributed by atoms with E-state index in [-0.39, 0.29) is 26.4 Å². The zero-order valence-corrected chi connectivity index (χ0v) is 14.0. The monoisotopic (exact) mass is 368 g/mol. The first-order valence-electron chi connectivity index (χ1n) is 7.60. The van der Waals surface area contributed by atoms with Gasteiger partial charge >= 0.3 is 5.97 Å². The molecule has 148 valence electrons. The van der Waals surface area contributed by atoms with Crippen LogP contribution in [0.2, 0.25) is 0 Å². The maximum absolute atomic E-state index is 10.9. The van der Waals surface area contributed by atoms with Crippen molar-refractivity contribution in [3.8, 4) is 0 Å². The molecule has 0 aromatic rings. The molecular weight excluding hydrogens is 340 g/mol. The summed E-state index contributed by atoms with van der Waals surface area (Å²) in [7, 11) is 0. The second kappa shape index (κ2) is 12.3. The summed E-state index contributed by atoms with van der Waals surface area (Å²) in [5.41, 5.74) is -2.88. The van der Waals surface area contributed by atoms with Crippen LogP contribution in [0.4, 0.5) is 0 Å². The van der Waals surface area contributed by atoms with Crippen molar-refractivity contribution in [2.45, 2.75) is 6.29 Å². The van der Waals surface area contributed by atoms with Crippen LogP contribution in [0.15, 0.2) is 12.7 Å². The second-order valence-corrected chi connectivity index (χ2v) is 5.74. The maximum atomic E-state index is 10.9. The summed E-state index contributed by atoms with van der Waals surface area (Å²) >= 11 is 0. The van der Waals surface area contributed by atoms with Crippen LogP contribution in [0.25, 0.3) is 0 Å². The third kappa shape index (κ3) is 7.34. The minimum atomic E-state index is -1.64. The highest BCUT2D eigenvalue weighted by atomic mass is 16.6. The number of aliphatic hydroxyl groups excluding tert-OH is 6. The molecule has 0 saturated carbocycles. The first kappa shape index (κ1) is 23.9. The van der Waals surface area contributed by atoms with Gasteiger partial charge < -0.3 is 44.8 Å². The normalized spacial score (nSPS) is 13.5. The van der Waals surface area contributed by atoms with E-state index >= 15 is 0 Å². The Hall–Kier alpha value is -1.11. The minimum Gasteiger partial charge on any atom is -0.460 e. The first-order valence-corrected chi connectivity index (χ1v) is 7.60. The molecule has 0 aliphatic rings. The average molecular weight is 368 g/mol. The summed E-state index contributed by atoms with van der Waals surface area (Å²) in [6.45, 7) is -0.822. The van der Waals surface area contributed by atoms with E-state index in [2.05, 4.69) is 11.3 Å². The Kier molecular flexibility index (Phi) is 11.7. The van der Waals surface area contributed by atoms with Gasteiger partial charge in [-0.05, 0) is 0 Å². The van der Waals surface area contributed by atoms with Crippen molar-refractivity contribution < 1.29 is 49.6 Å². The molecule has 0 amide bonds. The lowest BCUT2D eigenvalue weighted by Crippen LogP contribution is -2.49. The Balaban J connectivity index is 4.60. The molecule has 10 heteroatoms. The van der Waals surface area contributed by atoms with Gasteiger partial charge in [0.2, 0.25) is 0 Å². The number of esters is 1. The smallest absolute Gasteiger partial charge is 0.330 e. The van der Waals surface area contributed by atoms with Crippen LogP contribution in [0.5, 0.6) is 0 Å². The summed E-state index contributed by atoms with van der Waals surface area (Å²) in [5.74, 6) is -0.662. The Morgan fingerprint density at radius 1 is 0.960 bits per heavy atom. The molecule has 0 rings (SSSR count). The van der Waals surface area contributed by atoms with Gasteiger partial charge in [0, 0.05) is 6.08 Å². The molecule has 25 heavy (non-hydrogen) atoms. The first-order chi connectivity index (χ1) is 11.9. The fraction of sp³-hybridized carbons (Fsp3) is 0.800. The van der Waals surface area contributed by atoms with Gasteiger partial charge in [-0.1, -0.05) is 6.58 Å². The molecule has 0 fully saturated rings. The van der Waals surface area contributed by atoms with Gasteiger partial charge in [-0.15, -0.1) is 0 Å². The molecule has 6 N–H and O–H groups in total. The molecule has 0 aliphatic heterocycles. The van der Waals surface area contributed by atoms with Crippen LogP contribution in [0, 0.1) is 10.8 Å². The maximum Gasteiger partial charge on any atom is 0.330 e. The van der Waals surface area contributed by atoms with Gasteiger partial charge in [0.25, 0.3) is 0 Å². The van der Waals surface area contributed by atoms with Gasteiger partial charge in [-0.25, -0.2) is 4.79 Å². The highest BCUT2D eigenvalue weighted by molar-refractivity contribution is 5.81. The number of carbonyl (C=O) groups is 1. The average Bonchev–Trinajstić information content (AvgIpc) is 2.66. The molecule has 0 spiro atoms. The van der Waals surface area contributed by atoms with Crippen LogP contribution in [-0.2, 0) is 19.0 Å².